The van der Waals surface area contributed by atoms with Crippen LogP contribution in [0, 0.1) is 6.92 Å². The van der Waals surface area contributed by atoms with Crippen molar-refractivity contribution in [2.45, 2.75) is 19.5 Å². The normalized spacial score (nSPS) is 11.3. The zero-order chi connectivity index (χ0) is 13.9. The quantitative estimate of drug-likeness (QED) is 0.731. The number of aromatic amines is 1. The van der Waals surface area contributed by atoms with Crippen LogP contribution < -0.4 is 11.1 Å². The van der Waals surface area contributed by atoms with Gasteiger partial charge in [-0.3, -0.25) is 14.7 Å². The molecule has 1 heterocycles. The van der Waals surface area contributed by atoms with Gasteiger partial charge in [0.05, 0.1) is 5.56 Å². The molecule has 1 aromatic heterocycles. The second-order valence-corrected chi connectivity index (χ2v) is 3.54. The molecule has 0 aliphatic rings. The molecule has 100 valence electrons. The molecule has 0 bridgehead atoms. The van der Waals surface area contributed by atoms with Crippen LogP contribution in [0.1, 0.15) is 28.2 Å². The molecule has 4 N–H and O–H groups in total. The minimum atomic E-state index is -4.72. The van der Waals surface area contributed by atoms with Gasteiger partial charge in [-0.05, 0) is 6.92 Å². The minimum Gasteiger partial charge on any atom is -0.370 e. The van der Waals surface area contributed by atoms with Crippen molar-refractivity contribution < 1.29 is 22.8 Å². The molecule has 0 aliphatic carbocycles. The third kappa shape index (κ3) is 3.22. The Labute approximate surface area is 99.7 Å². The summed E-state index contributed by atoms with van der Waals surface area (Å²) in [4.78, 5) is 22.0. The molecule has 0 spiro atoms. The van der Waals surface area contributed by atoms with Crippen LogP contribution in [-0.2, 0) is 11.0 Å². The maximum absolute atomic E-state index is 12.5. The van der Waals surface area contributed by atoms with E-state index in [9.17, 15) is 22.8 Å². The van der Waals surface area contributed by atoms with Gasteiger partial charge in [-0.2, -0.15) is 18.3 Å². The summed E-state index contributed by atoms with van der Waals surface area (Å²) in [5.74, 6) is -1.61. The number of nitrogens with zero attached hydrogens (tertiary/aromatic N) is 1. The standard InChI is InChI=1S/C9H11F3N4O2/c1-4-6(7(16-15-4)9(10,11)12)8(18)14-3-2-5(13)17/h2-3H2,1H3,(H2,13,17)(H,14,18)(H,15,16). The van der Waals surface area contributed by atoms with E-state index in [1.54, 1.807) is 0 Å². The maximum atomic E-state index is 12.5. The summed E-state index contributed by atoms with van der Waals surface area (Å²) in [6, 6.07) is 0. The van der Waals surface area contributed by atoms with Gasteiger partial charge < -0.3 is 11.1 Å². The van der Waals surface area contributed by atoms with Crippen LogP contribution in [0.25, 0.3) is 0 Å². The van der Waals surface area contributed by atoms with Crippen molar-refractivity contribution in [3.63, 3.8) is 0 Å². The summed E-state index contributed by atoms with van der Waals surface area (Å²) < 4.78 is 37.6. The molecule has 9 heteroatoms. The Balaban J connectivity index is 2.85. The Kier molecular flexibility index (Phi) is 3.94. The van der Waals surface area contributed by atoms with E-state index in [1.165, 1.54) is 6.92 Å². The average molecular weight is 264 g/mol. The summed E-state index contributed by atoms with van der Waals surface area (Å²) in [6.07, 6.45) is -4.87. The molecule has 0 saturated carbocycles. The topological polar surface area (TPSA) is 101 Å². The van der Waals surface area contributed by atoms with Crippen molar-refractivity contribution in [1.29, 1.82) is 0 Å². The molecule has 0 aliphatic heterocycles. The lowest BCUT2D eigenvalue weighted by Crippen LogP contribution is -2.29. The molecule has 0 unspecified atom stereocenters. The number of hydrogen-bond donors (Lipinski definition) is 3. The number of nitrogens with one attached hydrogen (secondary N) is 2. The van der Waals surface area contributed by atoms with Crippen LogP contribution in [0.3, 0.4) is 0 Å². The van der Waals surface area contributed by atoms with E-state index in [4.69, 9.17) is 5.73 Å². The molecule has 6 nitrogen and oxygen atoms in total. The SMILES string of the molecule is Cc1[nH]nc(C(F)(F)F)c1C(=O)NCCC(N)=O. The second kappa shape index (κ2) is 5.07. The van der Waals surface area contributed by atoms with Crippen molar-refractivity contribution >= 4 is 11.8 Å². The van der Waals surface area contributed by atoms with E-state index < -0.39 is 29.2 Å². The van der Waals surface area contributed by atoms with Crippen molar-refractivity contribution in [2.75, 3.05) is 6.54 Å². The van der Waals surface area contributed by atoms with E-state index in [0.717, 1.165) is 0 Å². The number of carbonyl (C=O) groups excluding carboxylic acids is 2. The Bertz CT molecular complexity index is 467. The number of rotatable bonds is 4. The van der Waals surface area contributed by atoms with Crippen LogP contribution in [-0.4, -0.2) is 28.6 Å². The van der Waals surface area contributed by atoms with Crippen molar-refractivity contribution in [3.05, 3.63) is 17.0 Å². The summed E-state index contributed by atoms with van der Waals surface area (Å²) in [7, 11) is 0. The molecule has 0 atom stereocenters. The zero-order valence-corrected chi connectivity index (χ0v) is 9.39. The number of nitrogens with two attached hydrogens (primary N) is 1. The fourth-order valence-corrected chi connectivity index (χ4v) is 1.30. The first-order valence-corrected chi connectivity index (χ1v) is 4.92. The van der Waals surface area contributed by atoms with Crippen LogP contribution in [0.15, 0.2) is 0 Å². The van der Waals surface area contributed by atoms with Crippen LogP contribution in [0.4, 0.5) is 13.2 Å². The largest absolute Gasteiger partial charge is 0.435 e. The summed E-state index contributed by atoms with van der Waals surface area (Å²) >= 11 is 0. The summed E-state index contributed by atoms with van der Waals surface area (Å²) in [5.41, 5.74) is 2.98. The first-order valence-electron chi connectivity index (χ1n) is 4.92. The van der Waals surface area contributed by atoms with Gasteiger partial charge >= 0.3 is 6.18 Å². The number of aromatic nitrogens is 2. The number of aryl methyl sites for hydroxylation is 1. The number of halogens is 3. The number of hydrogen-bond acceptors (Lipinski definition) is 3. The highest BCUT2D eigenvalue weighted by atomic mass is 19.4. The molecule has 1 rings (SSSR count). The number of H-pyrrole nitrogens is 1. The molecular weight excluding hydrogens is 253 g/mol. The van der Waals surface area contributed by atoms with Gasteiger partial charge in [0.15, 0.2) is 5.69 Å². The third-order valence-corrected chi connectivity index (χ3v) is 2.10. The number of amides is 2. The fourth-order valence-electron chi connectivity index (χ4n) is 1.30. The average Bonchev–Trinajstić information content (AvgIpc) is 2.58. The van der Waals surface area contributed by atoms with Crippen LogP contribution in [0.2, 0.25) is 0 Å². The molecule has 0 saturated heterocycles. The van der Waals surface area contributed by atoms with E-state index >= 15 is 0 Å². The smallest absolute Gasteiger partial charge is 0.370 e. The van der Waals surface area contributed by atoms with E-state index in [-0.39, 0.29) is 18.7 Å². The highest BCUT2D eigenvalue weighted by Gasteiger charge is 2.39. The minimum absolute atomic E-state index is 0.00102. The van der Waals surface area contributed by atoms with Crippen molar-refractivity contribution in [3.8, 4) is 0 Å². The molecule has 1 aromatic rings. The molecule has 18 heavy (non-hydrogen) atoms. The first-order chi connectivity index (χ1) is 8.23. The Morgan fingerprint density at radius 2 is 2.06 bits per heavy atom. The second-order valence-electron chi connectivity index (χ2n) is 3.54. The van der Waals surface area contributed by atoms with Gasteiger partial charge in [0, 0.05) is 18.7 Å². The van der Waals surface area contributed by atoms with Crippen molar-refractivity contribution in [2.24, 2.45) is 5.73 Å². The van der Waals surface area contributed by atoms with Gasteiger partial charge in [-0.1, -0.05) is 0 Å². The molecule has 0 aromatic carbocycles. The predicted octanol–water partition coefficient (Wildman–Crippen LogP) is 0.342. The lowest BCUT2D eigenvalue weighted by molar-refractivity contribution is -0.141. The highest BCUT2D eigenvalue weighted by Crippen LogP contribution is 2.31. The predicted molar refractivity (Wildman–Crippen MR) is 54.5 cm³/mol. The van der Waals surface area contributed by atoms with E-state index in [0.29, 0.717) is 0 Å². The number of primary amides is 1. The summed E-state index contributed by atoms with van der Waals surface area (Å²) in [5, 5.41) is 7.32. The van der Waals surface area contributed by atoms with Gasteiger partial charge in [-0.15, -0.1) is 0 Å². The molecular formula is C9H11F3N4O2. The Morgan fingerprint density at radius 1 is 1.44 bits per heavy atom. The maximum Gasteiger partial charge on any atom is 0.435 e. The fraction of sp³-hybridized carbons (Fsp3) is 0.444. The van der Waals surface area contributed by atoms with Gasteiger partial charge in [0.1, 0.15) is 0 Å². The van der Waals surface area contributed by atoms with Crippen LogP contribution in [0.5, 0.6) is 0 Å². The van der Waals surface area contributed by atoms with Crippen molar-refractivity contribution in [1.82, 2.24) is 15.5 Å². The lowest BCUT2D eigenvalue weighted by atomic mass is 10.1. The number of carbonyl (C=O) groups is 2. The zero-order valence-electron chi connectivity index (χ0n) is 9.39. The Hall–Kier alpha value is -2.06. The molecule has 0 fully saturated rings. The van der Waals surface area contributed by atoms with Gasteiger partial charge in [-0.25, -0.2) is 0 Å². The van der Waals surface area contributed by atoms with Gasteiger partial charge in [0.25, 0.3) is 5.91 Å². The summed E-state index contributed by atoms with van der Waals surface area (Å²) in [6.45, 7) is 1.17. The van der Waals surface area contributed by atoms with E-state index in [2.05, 4.69) is 15.5 Å². The first kappa shape index (κ1) is 14.0. The molecule has 0 radical (unpaired) electrons. The van der Waals surface area contributed by atoms with Gasteiger partial charge in [0.2, 0.25) is 5.91 Å². The van der Waals surface area contributed by atoms with E-state index in [1.807, 2.05) is 0 Å². The Morgan fingerprint density at radius 3 is 2.56 bits per heavy atom. The lowest BCUT2D eigenvalue weighted by Gasteiger charge is -2.07. The molecule has 2 amide bonds. The monoisotopic (exact) mass is 264 g/mol. The number of alkyl halides is 3. The highest BCUT2D eigenvalue weighted by molar-refractivity contribution is 5.96. The third-order valence-electron chi connectivity index (χ3n) is 2.10. The van der Waals surface area contributed by atoms with Crippen LogP contribution >= 0.6 is 0 Å².